The zero-order chi connectivity index (χ0) is 18.2. The van der Waals surface area contributed by atoms with Crippen LogP contribution in [0.4, 0.5) is 5.88 Å². The summed E-state index contributed by atoms with van der Waals surface area (Å²) >= 11 is 11.7. The Morgan fingerprint density at radius 3 is 2.84 bits per heavy atom. The highest BCUT2D eigenvalue weighted by atomic mass is 35.5. The smallest absolute Gasteiger partial charge is 0.433 e. The molecule has 0 saturated carbocycles. The number of furan rings is 1. The predicted molar refractivity (Wildman–Crippen MR) is 93.0 cm³/mol. The number of hydrazone groups is 1. The van der Waals surface area contributed by atoms with Crippen molar-refractivity contribution in [2.75, 3.05) is 6.61 Å². The Labute approximate surface area is 151 Å². The molecule has 0 aliphatic carbocycles. The molecule has 25 heavy (non-hydrogen) atoms. The molecule has 0 spiro atoms. The van der Waals surface area contributed by atoms with Crippen molar-refractivity contribution in [2.45, 2.75) is 0 Å². The van der Waals surface area contributed by atoms with Crippen LogP contribution >= 0.6 is 23.2 Å². The molecule has 1 aromatic heterocycles. The number of hydrogen-bond donors (Lipinski definition) is 1. The van der Waals surface area contributed by atoms with Crippen LogP contribution in [0.15, 0.2) is 45.9 Å². The zero-order valence-electron chi connectivity index (χ0n) is 12.5. The second-order valence-electron chi connectivity index (χ2n) is 4.47. The van der Waals surface area contributed by atoms with Gasteiger partial charge in [-0.2, -0.15) is 5.10 Å². The van der Waals surface area contributed by atoms with Gasteiger partial charge in [0.15, 0.2) is 6.61 Å². The minimum Gasteiger partial charge on any atom is -0.482 e. The van der Waals surface area contributed by atoms with Gasteiger partial charge in [0.05, 0.1) is 11.1 Å². The van der Waals surface area contributed by atoms with Crippen molar-refractivity contribution in [1.29, 1.82) is 0 Å². The lowest BCUT2D eigenvalue weighted by Gasteiger charge is -2.06. The monoisotopic (exact) mass is 383 g/mol. The van der Waals surface area contributed by atoms with Gasteiger partial charge in [-0.15, -0.1) is 0 Å². The van der Waals surface area contributed by atoms with Crippen molar-refractivity contribution in [3.05, 3.63) is 62.3 Å². The average Bonchev–Trinajstić information content (AvgIpc) is 3.03. The van der Waals surface area contributed by atoms with Gasteiger partial charge < -0.3 is 9.15 Å². The number of nitrogens with zero attached hydrogens (tertiary/aromatic N) is 2. The van der Waals surface area contributed by atoms with E-state index in [4.69, 9.17) is 32.4 Å². The van der Waals surface area contributed by atoms with Crippen LogP contribution in [-0.4, -0.2) is 23.7 Å². The van der Waals surface area contributed by atoms with Crippen LogP contribution in [0.3, 0.4) is 0 Å². The van der Waals surface area contributed by atoms with Crippen molar-refractivity contribution >= 4 is 47.3 Å². The molecule has 1 amide bonds. The quantitative estimate of drug-likeness (QED) is 0.445. The van der Waals surface area contributed by atoms with Crippen LogP contribution in [0, 0.1) is 10.1 Å². The molecule has 0 unspecified atom stereocenters. The molecule has 0 saturated heterocycles. The first kappa shape index (κ1) is 18.5. The molecule has 0 radical (unpaired) electrons. The topological polar surface area (TPSA) is 107 Å². The Hall–Kier alpha value is -2.84. The van der Waals surface area contributed by atoms with E-state index < -0.39 is 10.8 Å². The molecule has 130 valence electrons. The number of ether oxygens (including phenoxy) is 1. The molecule has 1 N–H and O–H groups in total. The summed E-state index contributed by atoms with van der Waals surface area (Å²) in [7, 11) is 0. The number of nitrogens with one attached hydrogen (secondary N) is 1. The van der Waals surface area contributed by atoms with Crippen molar-refractivity contribution in [2.24, 2.45) is 5.10 Å². The van der Waals surface area contributed by atoms with Gasteiger partial charge in [-0.3, -0.25) is 14.9 Å². The zero-order valence-corrected chi connectivity index (χ0v) is 14.0. The van der Waals surface area contributed by atoms with Gasteiger partial charge >= 0.3 is 5.88 Å². The molecule has 0 aliphatic heterocycles. The van der Waals surface area contributed by atoms with Gasteiger partial charge in [0.1, 0.15) is 16.4 Å². The van der Waals surface area contributed by atoms with Crippen molar-refractivity contribution in [1.82, 2.24) is 5.43 Å². The minimum atomic E-state index is -0.640. The van der Waals surface area contributed by atoms with Crippen LogP contribution in [0.1, 0.15) is 5.76 Å². The summed E-state index contributed by atoms with van der Waals surface area (Å²) in [4.78, 5) is 21.4. The first-order valence-electron chi connectivity index (χ1n) is 6.76. The number of halogens is 2. The van der Waals surface area contributed by atoms with E-state index in [-0.39, 0.29) is 18.3 Å². The average molecular weight is 384 g/mol. The van der Waals surface area contributed by atoms with E-state index >= 15 is 0 Å². The van der Waals surface area contributed by atoms with E-state index in [9.17, 15) is 14.9 Å². The fraction of sp³-hybridized carbons (Fsp3) is 0.0667. The van der Waals surface area contributed by atoms with Crippen molar-refractivity contribution in [3.8, 4) is 5.75 Å². The fourth-order valence-electron chi connectivity index (χ4n) is 1.59. The summed E-state index contributed by atoms with van der Waals surface area (Å²) in [5.74, 6) is -0.248. The lowest BCUT2D eigenvalue weighted by Crippen LogP contribution is -2.24. The first-order chi connectivity index (χ1) is 12.0. The summed E-state index contributed by atoms with van der Waals surface area (Å²) in [6.07, 6.45) is 4.17. The molecule has 0 atom stereocenters. The normalized spacial score (nSPS) is 11.1. The highest BCUT2D eigenvalue weighted by Gasteiger charge is 2.09. The minimum absolute atomic E-state index is 0.283. The molecule has 2 rings (SSSR count). The third-order valence-electron chi connectivity index (χ3n) is 2.66. The number of allylic oxidation sites excluding steroid dienone is 1. The molecular formula is C15H11Cl2N3O5. The van der Waals surface area contributed by atoms with E-state index in [0.29, 0.717) is 15.8 Å². The third-order valence-corrected chi connectivity index (χ3v) is 3.19. The molecule has 8 nitrogen and oxygen atoms in total. The van der Waals surface area contributed by atoms with Gasteiger partial charge in [0, 0.05) is 11.2 Å². The van der Waals surface area contributed by atoms with E-state index in [2.05, 4.69) is 10.5 Å². The van der Waals surface area contributed by atoms with Crippen LogP contribution < -0.4 is 10.2 Å². The molecule has 1 aromatic carbocycles. The second kappa shape index (κ2) is 8.86. The Bertz CT molecular complexity index is 832. The third kappa shape index (κ3) is 5.94. The molecule has 10 heteroatoms. The van der Waals surface area contributed by atoms with Crippen LogP contribution in [0.2, 0.25) is 10.0 Å². The summed E-state index contributed by atoms with van der Waals surface area (Å²) in [6, 6.07) is 7.30. The largest absolute Gasteiger partial charge is 0.482 e. The summed E-state index contributed by atoms with van der Waals surface area (Å²) < 4.78 is 10.1. The van der Waals surface area contributed by atoms with Crippen LogP contribution in [0.5, 0.6) is 5.75 Å². The van der Waals surface area contributed by atoms with E-state index in [1.165, 1.54) is 36.6 Å². The number of carbonyl (C=O) groups excluding carboxylic acids is 1. The molecule has 0 bridgehead atoms. The number of benzene rings is 1. The van der Waals surface area contributed by atoms with Gasteiger partial charge in [0.2, 0.25) is 0 Å². The standard InChI is InChI=1S/C15H11Cl2N3O5/c16-10-3-5-13(12(17)8-10)24-9-14(21)19-18-7-1-2-11-4-6-15(25-11)20(22)23/h1-8H,9H2,(H,19,21)/b2-1+,18-7+. The van der Waals surface area contributed by atoms with E-state index in [1.807, 2.05) is 0 Å². The lowest BCUT2D eigenvalue weighted by molar-refractivity contribution is -0.402. The molecule has 0 fully saturated rings. The number of rotatable bonds is 7. The summed E-state index contributed by atoms with van der Waals surface area (Å²) in [6.45, 7) is -0.285. The van der Waals surface area contributed by atoms with E-state index in [0.717, 1.165) is 0 Å². The van der Waals surface area contributed by atoms with E-state index in [1.54, 1.807) is 12.1 Å². The first-order valence-corrected chi connectivity index (χ1v) is 7.52. The van der Waals surface area contributed by atoms with Gasteiger partial charge in [0.25, 0.3) is 5.91 Å². The van der Waals surface area contributed by atoms with Crippen molar-refractivity contribution in [3.63, 3.8) is 0 Å². The Morgan fingerprint density at radius 2 is 2.16 bits per heavy atom. The molecular weight excluding hydrogens is 373 g/mol. The second-order valence-corrected chi connectivity index (χ2v) is 5.31. The van der Waals surface area contributed by atoms with Gasteiger partial charge in [-0.05, 0) is 36.4 Å². The molecule has 2 aromatic rings. The maximum absolute atomic E-state index is 11.6. The Balaban J connectivity index is 1.76. The van der Waals surface area contributed by atoms with Crippen LogP contribution in [-0.2, 0) is 4.79 Å². The fourth-order valence-corrected chi connectivity index (χ4v) is 2.05. The Kier molecular flexibility index (Phi) is 6.55. The number of hydrogen-bond acceptors (Lipinski definition) is 6. The highest BCUT2D eigenvalue weighted by Crippen LogP contribution is 2.27. The maximum atomic E-state index is 11.6. The molecule has 1 heterocycles. The van der Waals surface area contributed by atoms with Gasteiger partial charge in [-0.25, -0.2) is 5.43 Å². The lowest BCUT2D eigenvalue weighted by atomic mass is 10.3. The summed E-state index contributed by atoms with van der Waals surface area (Å²) in [5.41, 5.74) is 2.24. The number of carbonyl (C=O) groups is 1. The molecule has 0 aliphatic rings. The predicted octanol–water partition coefficient (Wildman–Crippen LogP) is 3.69. The SMILES string of the molecule is O=C(COc1ccc(Cl)cc1Cl)N/N=C/C=C/c1ccc([N+](=O)[O-])o1. The highest BCUT2D eigenvalue weighted by molar-refractivity contribution is 6.35. The number of nitro groups is 1. The number of amides is 1. The van der Waals surface area contributed by atoms with Crippen molar-refractivity contribution < 1.29 is 18.9 Å². The summed E-state index contributed by atoms with van der Waals surface area (Å²) in [5, 5.41) is 14.9. The Morgan fingerprint density at radius 1 is 1.36 bits per heavy atom. The van der Waals surface area contributed by atoms with Crippen LogP contribution in [0.25, 0.3) is 6.08 Å². The maximum Gasteiger partial charge on any atom is 0.433 e. The van der Waals surface area contributed by atoms with Gasteiger partial charge in [-0.1, -0.05) is 23.2 Å².